The van der Waals surface area contributed by atoms with Crippen LogP contribution in [0.3, 0.4) is 0 Å². The van der Waals surface area contributed by atoms with Gasteiger partial charge in [0.2, 0.25) is 5.71 Å². The van der Waals surface area contributed by atoms with E-state index in [2.05, 4.69) is 29.0 Å². The Morgan fingerprint density at radius 3 is 2.61 bits per heavy atom. The molecule has 3 heterocycles. The SMILES string of the molecule is CCC(CC)C(CNC(=O)c1c(C)oc2ncn(C)c(=O)c12)N1CCOCC1. The Bertz CT molecular complexity index is 878. The molecule has 0 bridgehead atoms. The number of amides is 1. The molecule has 2 aromatic rings. The molecule has 1 aliphatic heterocycles. The minimum atomic E-state index is -0.287. The van der Waals surface area contributed by atoms with Crippen LogP contribution < -0.4 is 10.9 Å². The Balaban J connectivity index is 1.83. The third-order valence-corrected chi connectivity index (χ3v) is 5.75. The molecule has 3 rings (SSSR count). The lowest BCUT2D eigenvalue weighted by molar-refractivity contribution is 0.00191. The lowest BCUT2D eigenvalue weighted by Gasteiger charge is -2.38. The molecule has 8 heteroatoms. The van der Waals surface area contributed by atoms with E-state index in [1.165, 1.54) is 10.9 Å². The number of hydrogen-bond donors (Lipinski definition) is 1. The molecule has 0 saturated carbocycles. The van der Waals surface area contributed by atoms with Crippen LogP contribution >= 0.6 is 0 Å². The molecule has 1 unspecified atom stereocenters. The Morgan fingerprint density at radius 1 is 1.29 bits per heavy atom. The van der Waals surface area contributed by atoms with Gasteiger partial charge in [-0.25, -0.2) is 4.98 Å². The van der Waals surface area contributed by atoms with Crippen molar-refractivity contribution >= 4 is 17.0 Å². The highest BCUT2D eigenvalue weighted by Crippen LogP contribution is 2.22. The number of aryl methyl sites for hydroxylation is 2. The second-order valence-electron chi connectivity index (χ2n) is 7.38. The molecule has 154 valence electrons. The first-order valence-electron chi connectivity index (χ1n) is 10.0. The van der Waals surface area contributed by atoms with Crippen molar-refractivity contribution in [3.05, 3.63) is 28.0 Å². The predicted molar refractivity (Wildman–Crippen MR) is 107 cm³/mol. The van der Waals surface area contributed by atoms with E-state index in [1.54, 1.807) is 14.0 Å². The average Bonchev–Trinajstić information content (AvgIpc) is 3.05. The molecular formula is C20H30N4O4. The van der Waals surface area contributed by atoms with E-state index in [0.717, 1.165) is 39.1 Å². The van der Waals surface area contributed by atoms with Crippen molar-refractivity contribution in [2.24, 2.45) is 13.0 Å². The van der Waals surface area contributed by atoms with E-state index in [4.69, 9.17) is 9.15 Å². The van der Waals surface area contributed by atoms with Crippen LogP contribution in [-0.4, -0.2) is 59.2 Å². The van der Waals surface area contributed by atoms with Gasteiger partial charge in [0.05, 0.1) is 18.8 Å². The minimum absolute atomic E-state index is 0.204. The summed E-state index contributed by atoms with van der Waals surface area (Å²) in [5, 5.41) is 3.30. The van der Waals surface area contributed by atoms with Crippen LogP contribution in [0, 0.1) is 12.8 Å². The topological polar surface area (TPSA) is 89.6 Å². The van der Waals surface area contributed by atoms with Gasteiger partial charge in [0, 0.05) is 32.7 Å². The van der Waals surface area contributed by atoms with Crippen LogP contribution in [0.4, 0.5) is 0 Å². The summed E-state index contributed by atoms with van der Waals surface area (Å²) < 4.78 is 12.4. The van der Waals surface area contributed by atoms with Crippen molar-refractivity contribution in [3.8, 4) is 0 Å². The fourth-order valence-corrected chi connectivity index (χ4v) is 4.08. The lowest BCUT2D eigenvalue weighted by Crippen LogP contribution is -2.52. The van der Waals surface area contributed by atoms with Gasteiger partial charge in [-0.15, -0.1) is 0 Å². The van der Waals surface area contributed by atoms with Crippen LogP contribution in [0.15, 0.2) is 15.5 Å². The zero-order valence-electron chi connectivity index (χ0n) is 17.2. The lowest BCUT2D eigenvalue weighted by atomic mass is 9.92. The highest BCUT2D eigenvalue weighted by atomic mass is 16.5. The average molecular weight is 390 g/mol. The summed E-state index contributed by atoms with van der Waals surface area (Å²) in [6.45, 7) is 9.77. The molecule has 0 radical (unpaired) electrons. The number of furan rings is 1. The van der Waals surface area contributed by atoms with E-state index in [9.17, 15) is 9.59 Å². The number of nitrogens with zero attached hydrogens (tertiary/aromatic N) is 3. The first-order chi connectivity index (χ1) is 13.5. The summed E-state index contributed by atoms with van der Waals surface area (Å²) in [6.07, 6.45) is 3.50. The van der Waals surface area contributed by atoms with Crippen molar-refractivity contribution in [2.45, 2.75) is 39.7 Å². The Labute approximate surface area is 164 Å². The monoisotopic (exact) mass is 390 g/mol. The highest BCUT2D eigenvalue weighted by Gasteiger charge is 2.29. The van der Waals surface area contributed by atoms with Crippen LogP contribution in [0.25, 0.3) is 11.1 Å². The van der Waals surface area contributed by atoms with Crippen molar-refractivity contribution in [1.29, 1.82) is 0 Å². The third-order valence-electron chi connectivity index (χ3n) is 5.75. The number of morpholine rings is 1. The normalized spacial score (nSPS) is 16.6. The molecule has 1 aliphatic rings. The van der Waals surface area contributed by atoms with Crippen molar-refractivity contribution < 1.29 is 13.9 Å². The summed E-state index contributed by atoms with van der Waals surface area (Å²) >= 11 is 0. The van der Waals surface area contributed by atoms with E-state index in [-0.39, 0.29) is 34.2 Å². The van der Waals surface area contributed by atoms with E-state index in [1.807, 2.05) is 0 Å². The van der Waals surface area contributed by atoms with E-state index >= 15 is 0 Å². The molecule has 1 amide bonds. The van der Waals surface area contributed by atoms with Gasteiger partial charge < -0.3 is 19.0 Å². The number of aromatic nitrogens is 2. The maximum absolute atomic E-state index is 13.0. The number of nitrogens with one attached hydrogen (secondary N) is 1. The molecule has 0 spiro atoms. The third kappa shape index (κ3) is 3.98. The van der Waals surface area contributed by atoms with Crippen LogP contribution in [0.1, 0.15) is 42.8 Å². The van der Waals surface area contributed by atoms with Gasteiger partial charge in [-0.3, -0.25) is 14.5 Å². The molecule has 1 N–H and O–H groups in total. The van der Waals surface area contributed by atoms with Gasteiger partial charge in [-0.05, 0) is 12.8 Å². The number of rotatable bonds is 7. The molecule has 1 fully saturated rings. The first-order valence-corrected chi connectivity index (χ1v) is 10.0. The Kier molecular flexibility index (Phi) is 6.51. The van der Waals surface area contributed by atoms with Crippen molar-refractivity contribution in [2.75, 3.05) is 32.8 Å². The van der Waals surface area contributed by atoms with Crippen molar-refractivity contribution in [3.63, 3.8) is 0 Å². The fraction of sp³-hybridized carbons (Fsp3) is 0.650. The fourth-order valence-electron chi connectivity index (χ4n) is 4.08. The molecule has 28 heavy (non-hydrogen) atoms. The molecule has 1 atom stereocenters. The first kappa shape index (κ1) is 20.5. The highest BCUT2D eigenvalue weighted by molar-refractivity contribution is 6.06. The summed E-state index contributed by atoms with van der Waals surface area (Å²) in [7, 11) is 1.61. The quantitative estimate of drug-likeness (QED) is 0.774. The van der Waals surface area contributed by atoms with Crippen LogP contribution in [-0.2, 0) is 11.8 Å². The molecular weight excluding hydrogens is 360 g/mol. The molecule has 0 aliphatic carbocycles. The zero-order chi connectivity index (χ0) is 20.3. The van der Waals surface area contributed by atoms with Crippen LogP contribution in [0.5, 0.6) is 0 Å². The summed E-state index contributed by atoms with van der Waals surface area (Å²) in [5.74, 6) is 0.606. The second-order valence-corrected chi connectivity index (χ2v) is 7.38. The van der Waals surface area contributed by atoms with Crippen molar-refractivity contribution in [1.82, 2.24) is 19.8 Å². The number of carbonyl (C=O) groups is 1. The number of ether oxygens (including phenoxy) is 1. The zero-order valence-corrected chi connectivity index (χ0v) is 17.2. The van der Waals surface area contributed by atoms with Gasteiger partial charge in [-0.2, -0.15) is 0 Å². The summed E-state index contributed by atoms with van der Waals surface area (Å²) in [5.41, 5.74) is 0.209. The van der Waals surface area contributed by atoms with Gasteiger partial charge in [0.25, 0.3) is 11.5 Å². The standard InChI is InChI=1S/C20H30N4O4/c1-5-14(6-2)15(24-7-9-27-10-8-24)11-21-18(25)16-13(3)28-19-17(16)20(26)23(4)12-22-19/h12,14-15H,5-11H2,1-4H3,(H,21,25). The van der Waals surface area contributed by atoms with Crippen LogP contribution in [0.2, 0.25) is 0 Å². The summed E-state index contributed by atoms with van der Waals surface area (Å²) in [4.78, 5) is 32.0. The maximum atomic E-state index is 13.0. The minimum Gasteiger partial charge on any atom is -0.442 e. The smallest absolute Gasteiger partial charge is 0.265 e. The predicted octanol–water partition coefficient (Wildman–Crippen LogP) is 1.70. The number of fused-ring (bicyclic) bond motifs is 1. The Hall–Kier alpha value is -2.19. The van der Waals surface area contributed by atoms with Gasteiger partial charge in [0.1, 0.15) is 17.5 Å². The van der Waals surface area contributed by atoms with Gasteiger partial charge >= 0.3 is 0 Å². The number of carbonyl (C=O) groups excluding carboxylic acids is 1. The van der Waals surface area contributed by atoms with E-state index in [0.29, 0.717) is 18.2 Å². The Morgan fingerprint density at radius 2 is 1.96 bits per heavy atom. The molecule has 1 saturated heterocycles. The van der Waals surface area contributed by atoms with Gasteiger partial charge in [0.15, 0.2) is 0 Å². The summed E-state index contributed by atoms with van der Waals surface area (Å²) in [6, 6.07) is 0.238. The largest absolute Gasteiger partial charge is 0.442 e. The molecule has 8 nitrogen and oxygen atoms in total. The number of hydrogen-bond acceptors (Lipinski definition) is 6. The second kappa shape index (κ2) is 8.87. The molecule has 2 aromatic heterocycles. The van der Waals surface area contributed by atoms with E-state index < -0.39 is 0 Å². The maximum Gasteiger partial charge on any atom is 0.265 e. The van der Waals surface area contributed by atoms with Gasteiger partial charge in [-0.1, -0.05) is 26.7 Å². The molecule has 0 aromatic carbocycles.